The lowest BCUT2D eigenvalue weighted by atomic mass is 9.98. The molecule has 0 unspecified atom stereocenters. The van der Waals surface area contributed by atoms with E-state index in [1.54, 1.807) is 0 Å². The summed E-state index contributed by atoms with van der Waals surface area (Å²) in [5, 5.41) is 14.9. The average molecular weight is 562 g/mol. The Morgan fingerprint density at radius 1 is 0.902 bits per heavy atom. The molecule has 0 aromatic heterocycles. The topological polar surface area (TPSA) is 115 Å². The molecule has 0 saturated carbocycles. The van der Waals surface area contributed by atoms with Crippen molar-refractivity contribution in [1.82, 2.24) is 15.5 Å². The number of alkyl carbamates (subject to hydrolysis) is 1. The van der Waals surface area contributed by atoms with Crippen LogP contribution in [0.1, 0.15) is 51.7 Å². The number of ketones is 1. The second kappa shape index (κ2) is 15.8. The van der Waals surface area contributed by atoms with Gasteiger partial charge in [0.05, 0.1) is 18.7 Å². The van der Waals surface area contributed by atoms with Crippen LogP contribution in [0.3, 0.4) is 0 Å². The van der Waals surface area contributed by atoms with Gasteiger partial charge in [-0.2, -0.15) is 5.26 Å². The molecule has 0 spiro atoms. The van der Waals surface area contributed by atoms with Crippen LogP contribution in [-0.4, -0.2) is 60.9 Å². The summed E-state index contributed by atoms with van der Waals surface area (Å²) in [7, 11) is 0. The molecule has 2 aromatic carbocycles. The van der Waals surface area contributed by atoms with Gasteiger partial charge in [-0.05, 0) is 41.9 Å². The summed E-state index contributed by atoms with van der Waals surface area (Å²) in [6.07, 6.45) is 0.223. The van der Waals surface area contributed by atoms with E-state index in [0.29, 0.717) is 32.5 Å². The predicted octanol–water partition coefficient (Wildman–Crippen LogP) is 4.27. The van der Waals surface area contributed by atoms with Crippen molar-refractivity contribution >= 4 is 23.5 Å². The third-order valence-corrected chi connectivity index (χ3v) is 6.99. The highest BCUT2D eigenvalue weighted by molar-refractivity contribution is 5.93. The number of hydrogen-bond donors (Lipinski definition) is 2. The molecular weight excluding hydrogens is 518 g/mol. The lowest BCUT2D eigenvalue weighted by Crippen LogP contribution is -2.53. The number of amides is 2. The molecule has 0 bridgehead atoms. The molecule has 1 heterocycles. The molecule has 9 heteroatoms. The molecule has 1 aliphatic rings. The monoisotopic (exact) mass is 561 g/mol. The zero-order valence-corrected chi connectivity index (χ0v) is 24.6. The summed E-state index contributed by atoms with van der Waals surface area (Å²) in [6, 6.07) is 18.0. The van der Waals surface area contributed by atoms with E-state index in [9.17, 15) is 19.6 Å². The van der Waals surface area contributed by atoms with Gasteiger partial charge >= 0.3 is 6.09 Å². The molecule has 3 rings (SSSR count). The lowest BCUT2D eigenvalue weighted by molar-refractivity contribution is -0.130. The molecule has 0 radical (unpaired) electrons. The summed E-state index contributed by atoms with van der Waals surface area (Å²) in [5.74, 6) is -0.162. The van der Waals surface area contributed by atoms with Crippen LogP contribution in [0.4, 0.5) is 10.5 Å². The van der Waals surface area contributed by atoms with Gasteiger partial charge in [0, 0.05) is 25.3 Å². The second-order valence-electron chi connectivity index (χ2n) is 11.5. The van der Waals surface area contributed by atoms with Crippen molar-refractivity contribution in [2.24, 2.45) is 11.8 Å². The van der Waals surface area contributed by atoms with Gasteiger partial charge in [0.1, 0.15) is 19.2 Å². The highest BCUT2D eigenvalue weighted by atomic mass is 16.5. The van der Waals surface area contributed by atoms with Crippen molar-refractivity contribution in [3.05, 3.63) is 65.7 Å². The number of nitrogens with zero attached hydrogens (tertiary/aromatic N) is 3. The van der Waals surface area contributed by atoms with Crippen LogP contribution in [0.5, 0.6) is 0 Å². The number of hydrogen-bond acceptors (Lipinski definition) is 7. The van der Waals surface area contributed by atoms with Crippen LogP contribution >= 0.6 is 0 Å². The molecule has 0 fully saturated rings. The highest BCUT2D eigenvalue weighted by Crippen LogP contribution is 2.24. The number of nitrogens with one attached hydrogen (secondary N) is 2. The zero-order chi connectivity index (χ0) is 29.8. The Bertz CT molecular complexity index is 1190. The van der Waals surface area contributed by atoms with Gasteiger partial charge in [-0.1, -0.05) is 76.2 Å². The minimum Gasteiger partial charge on any atom is -0.445 e. The van der Waals surface area contributed by atoms with Gasteiger partial charge in [-0.15, -0.1) is 0 Å². The number of rotatable bonds is 13. The quantitative estimate of drug-likeness (QED) is 0.351. The van der Waals surface area contributed by atoms with Crippen LogP contribution in [0.2, 0.25) is 0 Å². The van der Waals surface area contributed by atoms with E-state index >= 15 is 0 Å². The van der Waals surface area contributed by atoms with E-state index in [2.05, 4.69) is 21.6 Å². The van der Waals surface area contributed by atoms with E-state index in [1.165, 1.54) is 0 Å². The Labute approximate surface area is 243 Å². The molecule has 2 N–H and O–H groups in total. The summed E-state index contributed by atoms with van der Waals surface area (Å²) in [4.78, 5) is 43.7. The van der Waals surface area contributed by atoms with Crippen molar-refractivity contribution in [1.29, 1.82) is 5.26 Å². The van der Waals surface area contributed by atoms with Gasteiger partial charge in [-0.25, -0.2) is 4.79 Å². The number of para-hydroxylation sites is 1. The van der Waals surface area contributed by atoms with Gasteiger partial charge < -0.3 is 20.3 Å². The van der Waals surface area contributed by atoms with Crippen molar-refractivity contribution in [3.63, 3.8) is 0 Å². The number of benzene rings is 2. The molecule has 2 aromatic rings. The number of Topliss-reactive ketones (excluding diaryl/α,β-unsaturated/α-hetero) is 1. The summed E-state index contributed by atoms with van der Waals surface area (Å²) in [5.41, 5.74) is 2.92. The third kappa shape index (κ3) is 10.2. The zero-order valence-electron chi connectivity index (χ0n) is 24.6. The van der Waals surface area contributed by atoms with Crippen molar-refractivity contribution < 1.29 is 19.1 Å². The maximum Gasteiger partial charge on any atom is 0.408 e. The van der Waals surface area contributed by atoms with Crippen LogP contribution in [0.25, 0.3) is 0 Å². The van der Waals surface area contributed by atoms with E-state index in [4.69, 9.17) is 4.74 Å². The summed E-state index contributed by atoms with van der Waals surface area (Å²) in [6.45, 7) is 10.4. The first-order valence-corrected chi connectivity index (χ1v) is 14.4. The third-order valence-electron chi connectivity index (χ3n) is 6.99. The fourth-order valence-electron chi connectivity index (χ4n) is 5.00. The van der Waals surface area contributed by atoms with Crippen LogP contribution in [-0.2, 0) is 27.5 Å². The largest absolute Gasteiger partial charge is 0.445 e. The molecule has 0 aliphatic carbocycles. The van der Waals surface area contributed by atoms with Crippen molar-refractivity contribution in [2.75, 3.05) is 31.1 Å². The molecular formula is C32H43N5O4. The number of carbonyl (C=O) groups is 3. The maximum atomic E-state index is 13.6. The van der Waals surface area contributed by atoms with Gasteiger partial charge in [-0.3, -0.25) is 14.5 Å². The number of anilines is 1. The second-order valence-corrected chi connectivity index (χ2v) is 11.5. The van der Waals surface area contributed by atoms with E-state index in [-0.39, 0.29) is 37.3 Å². The SMILES string of the molecule is CC(C)C[C@H](NC(=O)[C@H](CC(C)C)NC(=O)OCc1ccccc1)C(=O)CN1CCN(CC#N)c2ccccc2C1. The Hall–Kier alpha value is -3.90. The molecule has 220 valence electrons. The highest BCUT2D eigenvalue weighted by Gasteiger charge is 2.30. The van der Waals surface area contributed by atoms with Gasteiger partial charge in [0.25, 0.3) is 0 Å². The number of nitriles is 1. The van der Waals surface area contributed by atoms with E-state index in [1.807, 2.05) is 87.2 Å². The van der Waals surface area contributed by atoms with E-state index < -0.39 is 24.1 Å². The molecule has 1 aliphatic heterocycles. The standard InChI is InChI=1S/C32H43N5O4/c1-23(2)18-27(30(38)21-36-16-17-37(15-14-33)29-13-9-8-12-26(29)20-36)34-31(39)28(19-24(3)4)35-32(40)41-22-25-10-6-5-7-11-25/h5-13,23-24,27-28H,15-22H2,1-4H3,(H,34,39)(H,35,40)/t27-,28-/m0/s1. The summed E-state index contributed by atoms with van der Waals surface area (Å²) < 4.78 is 5.35. The average Bonchev–Trinajstić information content (AvgIpc) is 3.10. The van der Waals surface area contributed by atoms with Crippen LogP contribution in [0.15, 0.2) is 54.6 Å². The normalized spacial score (nSPS) is 14.9. The first-order valence-electron chi connectivity index (χ1n) is 14.4. The smallest absolute Gasteiger partial charge is 0.408 e. The number of fused-ring (bicyclic) bond motifs is 1. The fourth-order valence-corrected chi connectivity index (χ4v) is 5.00. The first-order chi connectivity index (χ1) is 19.7. The number of carbonyl (C=O) groups excluding carboxylic acids is 3. The van der Waals surface area contributed by atoms with Crippen molar-refractivity contribution in [2.45, 2.75) is 65.8 Å². The van der Waals surface area contributed by atoms with E-state index in [0.717, 1.165) is 16.8 Å². The van der Waals surface area contributed by atoms with Gasteiger partial charge in [0.15, 0.2) is 5.78 Å². The minimum atomic E-state index is -0.828. The Balaban J connectivity index is 1.66. The lowest BCUT2D eigenvalue weighted by Gasteiger charge is -2.27. The molecule has 41 heavy (non-hydrogen) atoms. The Morgan fingerprint density at radius 3 is 2.24 bits per heavy atom. The number of ether oxygens (including phenoxy) is 1. The fraction of sp³-hybridized carbons (Fsp3) is 0.500. The Morgan fingerprint density at radius 2 is 1.56 bits per heavy atom. The molecule has 9 nitrogen and oxygen atoms in total. The van der Waals surface area contributed by atoms with Crippen molar-refractivity contribution in [3.8, 4) is 6.07 Å². The maximum absolute atomic E-state index is 13.6. The minimum absolute atomic E-state index is 0.0757. The first kappa shape index (κ1) is 31.6. The molecule has 0 saturated heterocycles. The predicted molar refractivity (Wildman–Crippen MR) is 159 cm³/mol. The Kier molecular flexibility index (Phi) is 12.2. The van der Waals surface area contributed by atoms with Crippen LogP contribution in [0, 0.1) is 23.2 Å². The molecule has 2 amide bonds. The molecule has 2 atom stereocenters. The summed E-state index contributed by atoms with van der Waals surface area (Å²) >= 11 is 0. The van der Waals surface area contributed by atoms with Crippen LogP contribution < -0.4 is 15.5 Å². The van der Waals surface area contributed by atoms with Gasteiger partial charge in [0.2, 0.25) is 5.91 Å².